The van der Waals surface area contributed by atoms with Gasteiger partial charge in [-0.3, -0.25) is 24.1 Å². The van der Waals surface area contributed by atoms with E-state index in [-0.39, 0.29) is 19.6 Å². The zero-order chi connectivity index (χ0) is 15.2. The molecule has 7 heteroatoms. The van der Waals surface area contributed by atoms with Crippen LogP contribution in [0.3, 0.4) is 0 Å². The molecule has 0 spiro atoms. The van der Waals surface area contributed by atoms with Crippen molar-refractivity contribution in [2.24, 2.45) is 0 Å². The number of hydrogen-bond donors (Lipinski definition) is 2. The topological polar surface area (TPSA) is 95.9 Å². The molecule has 20 heavy (non-hydrogen) atoms. The zero-order valence-corrected chi connectivity index (χ0v) is 11.7. The number of aliphatic hydroxyl groups excluding tert-OH is 1. The third kappa shape index (κ3) is 4.43. The maximum absolute atomic E-state index is 11.6. The molecule has 0 aromatic heterocycles. The second-order valence-corrected chi connectivity index (χ2v) is 4.82. The molecule has 1 atom stereocenters. The van der Waals surface area contributed by atoms with Crippen molar-refractivity contribution >= 4 is 17.7 Å². The van der Waals surface area contributed by atoms with E-state index in [1.54, 1.807) is 6.92 Å². The van der Waals surface area contributed by atoms with E-state index in [9.17, 15) is 14.4 Å². The molecule has 7 nitrogen and oxygen atoms in total. The van der Waals surface area contributed by atoms with E-state index < -0.39 is 23.3 Å². The molecule has 1 aliphatic heterocycles. The van der Waals surface area contributed by atoms with Crippen LogP contribution in [0, 0.1) is 0 Å². The lowest BCUT2D eigenvalue weighted by molar-refractivity contribution is -0.154. The summed E-state index contributed by atoms with van der Waals surface area (Å²) < 4.78 is 0. The summed E-state index contributed by atoms with van der Waals surface area (Å²) in [5, 5.41) is 8.92. The lowest BCUT2D eigenvalue weighted by Crippen LogP contribution is -2.40. The minimum Gasteiger partial charge on any atom is -0.396 e. The van der Waals surface area contributed by atoms with Crippen LogP contribution >= 0.6 is 0 Å². The van der Waals surface area contributed by atoms with Gasteiger partial charge in [-0.25, -0.2) is 5.48 Å². The number of aliphatic hydroxyl groups is 1. The summed E-state index contributed by atoms with van der Waals surface area (Å²) in [6, 6.07) is 0. The summed E-state index contributed by atoms with van der Waals surface area (Å²) in [7, 11) is 0. The number of nitrogens with zero attached hydrogens (tertiary/aromatic N) is 1. The van der Waals surface area contributed by atoms with E-state index in [0.29, 0.717) is 12.8 Å². The summed E-state index contributed by atoms with van der Waals surface area (Å²) >= 11 is 0. The van der Waals surface area contributed by atoms with Crippen LogP contribution in [-0.2, 0) is 19.2 Å². The molecule has 0 fully saturated rings. The van der Waals surface area contributed by atoms with Crippen LogP contribution < -0.4 is 5.48 Å². The Bertz CT molecular complexity index is 403. The van der Waals surface area contributed by atoms with Crippen LogP contribution in [0.1, 0.15) is 33.1 Å². The Morgan fingerprint density at radius 1 is 1.40 bits per heavy atom. The number of hydrogen-bond acceptors (Lipinski definition) is 5. The quantitative estimate of drug-likeness (QED) is 0.479. The lowest BCUT2D eigenvalue weighted by Gasteiger charge is -2.27. The van der Waals surface area contributed by atoms with Crippen LogP contribution in [0.5, 0.6) is 0 Å². The van der Waals surface area contributed by atoms with Gasteiger partial charge in [0.05, 0.1) is 5.60 Å². The van der Waals surface area contributed by atoms with Crippen molar-refractivity contribution < 1.29 is 24.3 Å². The van der Waals surface area contributed by atoms with E-state index in [2.05, 4.69) is 5.48 Å². The summed E-state index contributed by atoms with van der Waals surface area (Å²) in [5.41, 5.74) is 1.66. The molecule has 112 valence electrons. The van der Waals surface area contributed by atoms with Gasteiger partial charge in [0.1, 0.15) is 0 Å². The molecule has 1 rings (SSSR count). The van der Waals surface area contributed by atoms with Gasteiger partial charge in [0.15, 0.2) is 0 Å². The summed E-state index contributed by atoms with van der Waals surface area (Å²) in [6.07, 6.45) is 3.34. The van der Waals surface area contributed by atoms with Crippen molar-refractivity contribution in [1.29, 1.82) is 0 Å². The Kier molecular flexibility index (Phi) is 5.84. The first kappa shape index (κ1) is 16.3. The molecule has 1 unspecified atom stereocenters. The van der Waals surface area contributed by atoms with Crippen LogP contribution in [0.4, 0.5) is 0 Å². The third-order valence-electron chi connectivity index (χ3n) is 3.26. The Labute approximate surface area is 117 Å². The van der Waals surface area contributed by atoms with Crippen molar-refractivity contribution in [1.82, 2.24) is 10.4 Å². The van der Waals surface area contributed by atoms with E-state index in [1.807, 2.05) is 6.92 Å². The van der Waals surface area contributed by atoms with Gasteiger partial charge in [-0.1, -0.05) is 6.92 Å². The minimum atomic E-state index is -0.634. The van der Waals surface area contributed by atoms with Gasteiger partial charge in [0, 0.05) is 38.1 Å². The first-order valence-electron chi connectivity index (χ1n) is 6.53. The van der Waals surface area contributed by atoms with Gasteiger partial charge >= 0.3 is 0 Å². The first-order chi connectivity index (χ1) is 9.41. The molecule has 1 aliphatic rings. The van der Waals surface area contributed by atoms with Crippen molar-refractivity contribution in [2.45, 2.75) is 38.7 Å². The monoisotopic (exact) mass is 284 g/mol. The van der Waals surface area contributed by atoms with Gasteiger partial charge in [-0.15, -0.1) is 0 Å². The Morgan fingerprint density at radius 3 is 2.50 bits per heavy atom. The van der Waals surface area contributed by atoms with E-state index in [0.717, 1.165) is 4.90 Å². The van der Waals surface area contributed by atoms with Crippen molar-refractivity contribution in [3.05, 3.63) is 12.2 Å². The number of hydroxylamine groups is 1. The van der Waals surface area contributed by atoms with Gasteiger partial charge < -0.3 is 5.11 Å². The van der Waals surface area contributed by atoms with Crippen LogP contribution in [-0.4, -0.2) is 46.5 Å². The number of rotatable bonds is 8. The lowest BCUT2D eigenvalue weighted by atomic mass is 10.00. The van der Waals surface area contributed by atoms with Gasteiger partial charge in [0.25, 0.3) is 11.8 Å². The molecule has 0 aromatic rings. The molecule has 0 aromatic carbocycles. The number of carbonyl (C=O) groups is 3. The molecule has 2 N–H and O–H groups in total. The number of nitrogens with one attached hydrogen (secondary N) is 1. The fourth-order valence-corrected chi connectivity index (χ4v) is 1.63. The standard InChI is InChI=1S/C13H20N2O5/c1-3-13(2,7-9-16)20-14-10(17)6-8-15-11(18)4-5-12(15)19/h4-5,16H,3,6-9H2,1-2H3,(H,14,17). The molecular weight excluding hydrogens is 264 g/mol. The normalized spacial score (nSPS) is 17.4. The molecule has 0 saturated carbocycles. The second kappa shape index (κ2) is 7.16. The second-order valence-electron chi connectivity index (χ2n) is 4.82. The number of amides is 3. The highest BCUT2D eigenvalue weighted by atomic mass is 16.7. The van der Waals surface area contributed by atoms with Gasteiger partial charge in [-0.2, -0.15) is 0 Å². The predicted octanol–water partition coefficient (Wildman–Crippen LogP) is -0.0996. The van der Waals surface area contributed by atoms with E-state index in [4.69, 9.17) is 9.94 Å². The molecule has 0 bridgehead atoms. The van der Waals surface area contributed by atoms with Gasteiger partial charge in [-0.05, 0) is 13.3 Å². The summed E-state index contributed by atoms with van der Waals surface area (Å²) in [4.78, 5) is 40.4. The highest BCUT2D eigenvalue weighted by molar-refractivity contribution is 6.13. The van der Waals surface area contributed by atoms with Crippen molar-refractivity contribution in [3.63, 3.8) is 0 Å². The third-order valence-corrected chi connectivity index (χ3v) is 3.26. The number of carbonyl (C=O) groups excluding carboxylic acids is 3. The summed E-state index contributed by atoms with van der Waals surface area (Å²) in [5.74, 6) is -1.25. The Morgan fingerprint density at radius 2 is 2.00 bits per heavy atom. The maximum atomic E-state index is 11.6. The molecule has 0 radical (unpaired) electrons. The van der Waals surface area contributed by atoms with Crippen LogP contribution in [0.2, 0.25) is 0 Å². The molecule has 3 amide bonds. The molecule has 0 aliphatic carbocycles. The number of imide groups is 1. The molecular formula is C13H20N2O5. The average Bonchev–Trinajstić information content (AvgIpc) is 2.74. The average molecular weight is 284 g/mol. The Balaban J connectivity index is 2.34. The van der Waals surface area contributed by atoms with Crippen molar-refractivity contribution in [2.75, 3.05) is 13.2 Å². The highest BCUT2D eigenvalue weighted by Gasteiger charge is 2.26. The molecule has 1 heterocycles. The smallest absolute Gasteiger partial charge is 0.253 e. The van der Waals surface area contributed by atoms with E-state index in [1.165, 1.54) is 12.2 Å². The summed E-state index contributed by atoms with van der Waals surface area (Å²) in [6.45, 7) is 3.64. The van der Waals surface area contributed by atoms with E-state index >= 15 is 0 Å². The Hall–Kier alpha value is -1.73. The largest absolute Gasteiger partial charge is 0.396 e. The molecule has 0 saturated heterocycles. The SMILES string of the molecule is CCC(C)(CCO)ONC(=O)CCN1C(=O)C=CC1=O. The van der Waals surface area contributed by atoms with Gasteiger partial charge in [0.2, 0.25) is 5.91 Å². The fourth-order valence-electron chi connectivity index (χ4n) is 1.63. The fraction of sp³-hybridized carbons (Fsp3) is 0.615. The maximum Gasteiger partial charge on any atom is 0.253 e. The van der Waals surface area contributed by atoms with Crippen LogP contribution in [0.25, 0.3) is 0 Å². The van der Waals surface area contributed by atoms with Crippen LogP contribution in [0.15, 0.2) is 12.2 Å². The predicted molar refractivity (Wildman–Crippen MR) is 70.1 cm³/mol. The highest BCUT2D eigenvalue weighted by Crippen LogP contribution is 2.17. The first-order valence-corrected chi connectivity index (χ1v) is 6.53. The van der Waals surface area contributed by atoms with Crippen molar-refractivity contribution in [3.8, 4) is 0 Å². The minimum absolute atomic E-state index is 0.0166. The zero-order valence-electron chi connectivity index (χ0n) is 11.7.